The third-order valence-corrected chi connectivity index (χ3v) is 4.81. The van der Waals surface area contributed by atoms with E-state index in [-0.39, 0.29) is 0 Å². The monoisotopic (exact) mass is 335 g/mol. The van der Waals surface area contributed by atoms with Crippen LogP contribution in [-0.4, -0.2) is 24.1 Å². The van der Waals surface area contributed by atoms with Crippen LogP contribution in [0.15, 0.2) is 23.7 Å². The van der Waals surface area contributed by atoms with Crippen LogP contribution < -0.4 is 0 Å². The molecule has 0 radical (unpaired) electrons. The molecule has 0 amide bonds. The zero-order chi connectivity index (χ0) is 16.5. The minimum Gasteiger partial charge on any atom is -0.400 e. The maximum atomic E-state index is 9.22. The molecule has 1 aliphatic heterocycles. The summed E-state index contributed by atoms with van der Waals surface area (Å²) in [5, 5.41) is 9.80. The van der Waals surface area contributed by atoms with Crippen LogP contribution in [0.25, 0.3) is 6.08 Å². The number of nitriles is 1. The molecular formula is C16H19BClNO2S. The fourth-order valence-corrected chi connectivity index (χ4v) is 2.56. The van der Waals surface area contributed by atoms with E-state index in [9.17, 15) is 5.26 Å². The minimum absolute atomic E-state index is 0.411. The van der Waals surface area contributed by atoms with Crippen molar-refractivity contribution in [3.63, 3.8) is 0 Å². The van der Waals surface area contributed by atoms with Crippen molar-refractivity contribution in [2.24, 2.45) is 0 Å². The van der Waals surface area contributed by atoms with E-state index in [0.29, 0.717) is 16.3 Å². The number of halogens is 1. The van der Waals surface area contributed by atoms with Crippen LogP contribution in [0.4, 0.5) is 0 Å². The quantitative estimate of drug-likeness (QED) is 0.666. The highest BCUT2D eigenvalue weighted by Crippen LogP contribution is 2.39. The fraction of sp³-hybridized carbons (Fsp3) is 0.438. The van der Waals surface area contributed by atoms with Crippen LogP contribution in [-0.2, 0) is 9.31 Å². The Kier molecular flexibility index (Phi) is 4.98. The van der Waals surface area contributed by atoms with Crippen LogP contribution in [0.3, 0.4) is 0 Å². The maximum Gasteiger partial charge on any atom is 0.491 e. The largest absolute Gasteiger partial charge is 0.491 e. The molecule has 1 saturated heterocycles. The Morgan fingerprint density at radius 1 is 1.32 bits per heavy atom. The van der Waals surface area contributed by atoms with Gasteiger partial charge in [0.05, 0.1) is 22.8 Å². The lowest BCUT2D eigenvalue weighted by molar-refractivity contribution is 0.00578. The molecule has 1 aromatic carbocycles. The Balaban J connectivity index is 2.38. The molecule has 1 heterocycles. The topological polar surface area (TPSA) is 42.2 Å². The van der Waals surface area contributed by atoms with Crippen molar-refractivity contribution in [3.8, 4) is 6.07 Å². The van der Waals surface area contributed by atoms with E-state index in [1.807, 2.05) is 33.8 Å². The minimum atomic E-state index is -0.479. The fourth-order valence-electron chi connectivity index (χ4n) is 2.14. The van der Waals surface area contributed by atoms with Gasteiger partial charge < -0.3 is 9.31 Å². The van der Waals surface area contributed by atoms with Gasteiger partial charge in [0, 0.05) is 10.8 Å². The summed E-state index contributed by atoms with van der Waals surface area (Å²) in [6.07, 6.45) is 1.87. The molecule has 0 spiro atoms. The summed E-state index contributed by atoms with van der Waals surface area (Å²) in [7, 11) is -0.479. The molecule has 1 aromatic rings. The van der Waals surface area contributed by atoms with Crippen molar-refractivity contribution in [1.82, 2.24) is 0 Å². The first-order valence-corrected chi connectivity index (χ1v) is 8.08. The Hall–Kier alpha value is -0.925. The molecule has 1 aliphatic rings. The molecule has 1 fully saturated rings. The van der Waals surface area contributed by atoms with Crippen molar-refractivity contribution >= 4 is 37.4 Å². The predicted molar refractivity (Wildman–Crippen MR) is 94.1 cm³/mol. The van der Waals surface area contributed by atoms with Crippen LogP contribution in [0.2, 0.25) is 5.02 Å². The summed E-state index contributed by atoms with van der Waals surface area (Å²) < 4.78 is 12.1. The van der Waals surface area contributed by atoms with Gasteiger partial charge in [-0.15, -0.1) is 0 Å². The molecule has 0 aliphatic carbocycles. The molecule has 0 bridgehead atoms. The number of benzene rings is 1. The highest BCUT2D eigenvalue weighted by molar-refractivity contribution is 7.80. The van der Waals surface area contributed by atoms with Gasteiger partial charge in [0.2, 0.25) is 0 Å². The van der Waals surface area contributed by atoms with Crippen molar-refractivity contribution in [2.45, 2.75) is 38.9 Å². The number of hydrogen-bond donors (Lipinski definition) is 1. The van der Waals surface area contributed by atoms with Crippen molar-refractivity contribution in [1.29, 1.82) is 5.26 Å². The first-order valence-electron chi connectivity index (χ1n) is 7.07. The Bertz CT molecular complexity index is 636. The van der Waals surface area contributed by atoms with Gasteiger partial charge in [-0.2, -0.15) is 17.9 Å². The Morgan fingerprint density at radius 3 is 2.41 bits per heavy atom. The van der Waals surface area contributed by atoms with Crippen LogP contribution in [0.1, 0.15) is 38.8 Å². The van der Waals surface area contributed by atoms with Gasteiger partial charge in [-0.25, -0.2) is 0 Å². The predicted octanol–water partition coefficient (Wildman–Crippen LogP) is 4.16. The van der Waals surface area contributed by atoms with Gasteiger partial charge in [0.1, 0.15) is 0 Å². The van der Waals surface area contributed by atoms with Crippen molar-refractivity contribution in [3.05, 3.63) is 39.8 Å². The van der Waals surface area contributed by atoms with Gasteiger partial charge in [0.25, 0.3) is 0 Å². The number of nitrogens with zero attached hydrogens (tertiary/aromatic N) is 1. The van der Waals surface area contributed by atoms with E-state index in [1.54, 1.807) is 18.2 Å². The molecule has 116 valence electrons. The third-order valence-electron chi connectivity index (χ3n) is 4.21. The first-order chi connectivity index (χ1) is 10.2. The standard InChI is InChI=1S/C16H19BClNO2S/c1-15(2)16(3,4)21-17(20-15)13(10-22)7-12-8-14(18)6-5-11(12)9-19/h5-8,22H,10H2,1-4H3. The molecule has 0 unspecified atom stereocenters. The molecule has 0 N–H and O–H groups in total. The average Bonchev–Trinajstić information content (AvgIpc) is 2.64. The summed E-state index contributed by atoms with van der Waals surface area (Å²) >= 11 is 10.4. The smallest absolute Gasteiger partial charge is 0.400 e. The molecule has 0 atom stereocenters. The molecule has 22 heavy (non-hydrogen) atoms. The van der Waals surface area contributed by atoms with E-state index in [1.165, 1.54) is 0 Å². The lowest BCUT2D eigenvalue weighted by atomic mass is 9.78. The molecular weight excluding hydrogens is 317 g/mol. The highest BCUT2D eigenvalue weighted by atomic mass is 35.5. The van der Waals surface area contributed by atoms with Crippen molar-refractivity contribution in [2.75, 3.05) is 5.75 Å². The highest BCUT2D eigenvalue weighted by Gasteiger charge is 2.52. The number of rotatable bonds is 3. The van der Waals surface area contributed by atoms with E-state index in [2.05, 4.69) is 18.7 Å². The summed E-state index contributed by atoms with van der Waals surface area (Å²) in [6.45, 7) is 8.01. The zero-order valence-corrected chi connectivity index (χ0v) is 14.8. The molecule has 2 rings (SSSR count). The maximum absolute atomic E-state index is 9.22. The summed E-state index contributed by atoms with van der Waals surface area (Å²) in [5.41, 5.74) is 1.34. The lowest BCUT2D eigenvalue weighted by Gasteiger charge is -2.32. The molecule has 3 nitrogen and oxygen atoms in total. The van der Waals surface area contributed by atoms with E-state index in [4.69, 9.17) is 20.9 Å². The molecule has 6 heteroatoms. The van der Waals surface area contributed by atoms with Crippen LogP contribution >= 0.6 is 24.2 Å². The number of thiol groups is 1. The SMILES string of the molecule is CC1(C)OB(C(=Cc2cc(Cl)ccc2C#N)CS)OC1(C)C. The van der Waals surface area contributed by atoms with Crippen LogP contribution in [0.5, 0.6) is 0 Å². The summed E-state index contributed by atoms with van der Waals surface area (Å²) in [5.74, 6) is 0.466. The Morgan fingerprint density at radius 2 is 1.91 bits per heavy atom. The molecule has 0 saturated carbocycles. The van der Waals surface area contributed by atoms with Crippen LogP contribution in [0, 0.1) is 11.3 Å². The second kappa shape index (κ2) is 6.29. The van der Waals surface area contributed by atoms with E-state index in [0.717, 1.165) is 11.0 Å². The Labute approximate surface area is 142 Å². The van der Waals surface area contributed by atoms with Gasteiger partial charge in [-0.1, -0.05) is 17.7 Å². The lowest BCUT2D eigenvalue weighted by Crippen LogP contribution is -2.41. The van der Waals surface area contributed by atoms with E-state index >= 15 is 0 Å². The number of hydrogen-bond acceptors (Lipinski definition) is 4. The normalized spacial score (nSPS) is 20.0. The summed E-state index contributed by atoms with van der Waals surface area (Å²) in [6, 6.07) is 7.33. The second-order valence-corrected chi connectivity index (χ2v) is 7.06. The summed E-state index contributed by atoms with van der Waals surface area (Å²) in [4.78, 5) is 0. The van der Waals surface area contributed by atoms with Gasteiger partial charge in [-0.05, 0) is 56.9 Å². The molecule has 0 aromatic heterocycles. The first kappa shape index (κ1) is 17.4. The van der Waals surface area contributed by atoms with E-state index < -0.39 is 18.3 Å². The van der Waals surface area contributed by atoms with Crippen molar-refractivity contribution < 1.29 is 9.31 Å². The van der Waals surface area contributed by atoms with Gasteiger partial charge >= 0.3 is 7.12 Å². The second-order valence-electron chi connectivity index (χ2n) is 6.31. The third kappa shape index (κ3) is 3.36. The van der Waals surface area contributed by atoms with Gasteiger partial charge in [0.15, 0.2) is 0 Å². The zero-order valence-electron chi connectivity index (χ0n) is 13.2. The van der Waals surface area contributed by atoms with Gasteiger partial charge in [-0.3, -0.25) is 0 Å². The average molecular weight is 336 g/mol.